The highest BCUT2D eigenvalue weighted by Crippen LogP contribution is 2.43. The van der Waals surface area contributed by atoms with Crippen LogP contribution in [0.4, 0.5) is 0 Å². The Balaban J connectivity index is 4.21. The van der Waals surface area contributed by atoms with Crippen LogP contribution in [0.5, 0.6) is 0 Å². The van der Waals surface area contributed by atoms with Gasteiger partial charge in [0.25, 0.3) is 0 Å². The Morgan fingerprint density at radius 3 is 1.30 bits per heavy atom. The second-order valence-corrected chi connectivity index (χ2v) is 10.6. The van der Waals surface area contributed by atoms with Crippen molar-refractivity contribution in [2.75, 3.05) is 0 Å². The molecular formula is C26H53Br. The third-order valence-electron chi connectivity index (χ3n) is 6.44. The molecule has 0 fully saturated rings. The van der Waals surface area contributed by atoms with Crippen LogP contribution in [-0.4, -0.2) is 4.32 Å². The van der Waals surface area contributed by atoms with Crippen molar-refractivity contribution >= 4 is 15.9 Å². The second-order valence-electron chi connectivity index (χ2n) is 9.05. The van der Waals surface area contributed by atoms with E-state index in [4.69, 9.17) is 0 Å². The van der Waals surface area contributed by atoms with Gasteiger partial charge in [-0.3, -0.25) is 0 Å². The molecule has 0 aromatic rings. The molecule has 164 valence electrons. The first-order valence-corrected chi connectivity index (χ1v) is 13.6. The maximum Gasteiger partial charge on any atom is 0.0286 e. The van der Waals surface area contributed by atoms with E-state index in [0.29, 0.717) is 4.32 Å². The van der Waals surface area contributed by atoms with Gasteiger partial charge in [0.15, 0.2) is 0 Å². The topological polar surface area (TPSA) is 0 Å². The van der Waals surface area contributed by atoms with Crippen molar-refractivity contribution in [3.63, 3.8) is 0 Å². The molecule has 1 unspecified atom stereocenters. The van der Waals surface area contributed by atoms with Gasteiger partial charge in [-0.1, -0.05) is 146 Å². The molecule has 0 saturated heterocycles. The third-order valence-corrected chi connectivity index (χ3v) is 7.88. The van der Waals surface area contributed by atoms with Crippen molar-refractivity contribution in [1.82, 2.24) is 0 Å². The Labute approximate surface area is 182 Å². The average molecular weight is 446 g/mol. The fourth-order valence-corrected chi connectivity index (χ4v) is 5.48. The first-order valence-electron chi connectivity index (χ1n) is 12.8. The van der Waals surface area contributed by atoms with Crippen LogP contribution in [0, 0.1) is 5.92 Å². The molecule has 0 N–H and O–H groups in total. The molecule has 0 rings (SSSR count). The molecule has 0 radical (unpaired) electrons. The molecule has 0 bridgehead atoms. The summed E-state index contributed by atoms with van der Waals surface area (Å²) >= 11 is 4.31. The lowest BCUT2D eigenvalue weighted by Gasteiger charge is -2.37. The second kappa shape index (κ2) is 19.8. The monoisotopic (exact) mass is 444 g/mol. The van der Waals surface area contributed by atoms with Gasteiger partial charge >= 0.3 is 0 Å². The van der Waals surface area contributed by atoms with Crippen LogP contribution in [0.2, 0.25) is 0 Å². The van der Waals surface area contributed by atoms with Gasteiger partial charge in [-0.05, 0) is 31.6 Å². The fourth-order valence-electron chi connectivity index (χ4n) is 4.46. The summed E-state index contributed by atoms with van der Waals surface area (Å²) in [6.07, 6.45) is 28.4. The Morgan fingerprint density at radius 2 is 0.852 bits per heavy atom. The predicted molar refractivity (Wildman–Crippen MR) is 130 cm³/mol. The summed E-state index contributed by atoms with van der Waals surface area (Å²) in [5, 5.41) is 0. The van der Waals surface area contributed by atoms with Gasteiger partial charge < -0.3 is 0 Å². The summed E-state index contributed by atoms with van der Waals surface area (Å²) in [5.41, 5.74) is 0. The first kappa shape index (κ1) is 27.5. The van der Waals surface area contributed by atoms with Crippen LogP contribution in [0.15, 0.2) is 0 Å². The number of hydrogen-bond donors (Lipinski definition) is 0. The van der Waals surface area contributed by atoms with Crippen molar-refractivity contribution in [2.24, 2.45) is 5.92 Å². The van der Waals surface area contributed by atoms with Crippen molar-refractivity contribution < 1.29 is 0 Å². The quantitative estimate of drug-likeness (QED) is 0.122. The molecule has 1 heteroatoms. The van der Waals surface area contributed by atoms with Gasteiger partial charge in [0, 0.05) is 4.32 Å². The average Bonchev–Trinajstić information content (AvgIpc) is 2.68. The van der Waals surface area contributed by atoms with E-state index in [0.717, 1.165) is 5.92 Å². The van der Waals surface area contributed by atoms with Crippen molar-refractivity contribution in [2.45, 2.75) is 160 Å². The van der Waals surface area contributed by atoms with Crippen LogP contribution in [0.25, 0.3) is 0 Å². The van der Waals surface area contributed by atoms with Gasteiger partial charge in [0.1, 0.15) is 0 Å². The zero-order chi connectivity index (χ0) is 20.2. The zero-order valence-corrected chi connectivity index (χ0v) is 21.2. The number of hydrogen-bond acceptors (Lipinski definition) is 0. The maximum absolute atomic E-state index is 4.31. The van der Waals surface area contributed by atoms with E-state index in [-0.39, 0.29) is 0 Å². The van der Waals surface area contributed by atoms with E-state index >= 15 is 0 Å². The van der Waals surface area contributed by atoms with Crippen LogP contribution in [0.3, 0.4) is 0 Å². The molecule has 0 aromatic carbocycles. The number of unbranched alkanes of at least 4 members (excludes halogenated alkanes) is 12. The Hall–Kier alpha value is 0.480. The summed E-state index contributed by atoms with van der Waals surface area (Å²) in [6.45, 7) is 9.35. The van der Waals surface area contributed by atoms with E-state index in [1.165, 1.54) is 128 Å². The molecule has 0 nitrogen and oxygen atoms in total. The Kier molecular flexibility index (Phi) is 20.1. The van der Waals surface area contributed by atoms with Crippen LogP contribution in [-0.2, 0) is 0 Å². The van der Waals surface area contributed by atoms with E-state index in [1.807, 2.05) is 0 Å². The number of halogens is 1. The number of rotatable bonds is 21. The maximum atomic E-state index is 4.31. The molecule has 0 heterocycles. The Bertz CT molecular complexity index is 278. The SMILES string of the molecule is CCCCCCCCCCCCC(CCCC)C(Br)(CCCC)CCCC. The zero-order valence-electron chi connectivity index (χ0n) is 19.6. The van der Waals surface area contributed by atoms with Gasteiger partial charge in [-0.2, -0.15) is 0 Å². The van der Waals surface area contributed by atoms with Gasteiger partial charge in [-0.25, -0.2) is 0 Å². The standard InChI is InChI=1S/C26H53Br/c1-5-9-13-14-15-16-17-18-19-20-22-25(21-10-6-2)26(27,23-11-7-3)24-12-8-4/h25H,5-24H2,1-4H3. The highest BCUT2D eigenvalue weighted by molar-refractivity contribution is 9.10. The Morgan fingerprint density at radius 1 is 0.481 bits per heavy atom. The minimum absolute atomic E-state index is 0.424. The molecule has 27 heavy (non-hydrogen) atoms. The molecule has 0 aliphatic carbocycles. The van der Waals surface area contributed by atoms with Crippen molar-refractivity contribution in [1.29, 1.82) is 0 Å². The molecule has 0 aromatic heterocycles. The lowest BCUT2D eigenvalue weighted by Crippen LogP contribution is -2.32. The van der Waals surface area contributed by atoms with E-state index in [9.17, 15) is 0 Å². The van der Waals surface area contributed by atoms with Gasteiger partial charge in [-0.15, -0.1) is 0 Å². The summed E-state index contributed by atoms with van der Waals surface area (Å²) in [6, 6.07) is 0. The van der Waals surface area contributed by atoms with Crippen molar-refractivity contribution in [3.05, 3.63) is 0 Å². The van der Waals surface area contributed by atoms with Crippen LogP contribution < -0.4 is 0 Å². The lowest BCUT2D eigenvalue weighted by atomic mass is 9.78. The van der Waals surface area contributed by atoms with Crippen LogP contribution >= 0.6 is 15.9 Å². The fraction of sp³-hybridized carbons (Fsp3) is 1.00. The molecule has 0 amide bonds. The predicted octanol–water partition coefficient (Wildman–Crippen LogP) is 10.6. The lowest BCUT2D eigenvalue weighted by molar-refractivity contribution is 0.282. The largest absolute Gasteiger partial charge is 0.0850 e. The normalized spacial score (nSPS) is 13.2. The highest BCUT2D eigenvalue weighted by Gasteiger charge is 2.34. The highest BCUT2D eigenvalue weighted by atomic mass is 79.9. The van der Waals surface area contributed by atoms with Crippen LogP contribution in [0.1, 0.15) is 156 Å². The van der Waals surface area contributed by atoms with Gasteiger partial charge in [0.05, 0.1) is 0 Å². The molecular weight excluding hydrogens is 392 g/mol. The van der Waals surface area contributed by atoms with E-state index in [2.05, 4.69) is 43.6 Å². The number of alkyl halides is 1. The molecule has 0 saturated carbocycles. The molecule has 0 aliphatic heterocycles. The summed E-state index contributed by atoms with van der Waals surface area (Å²) in [7, 11) is 0. The minimum atomic E-state index is 0.424. The van der Waals surface area contributed by atoms with Gasteiger partial charge in [0.2, 0.25) is 0 Å². The molecule has 0 aliphatic rings. The minimum Gasteiger partial charge on any atom is -0.0850 e. The van der Waals surface area contributed by atoms with E-state index < -0.39 is 0 Å². The van der Waals surface area contributed by atoms with Crippen molar-refractivity contribution in [3.8, 4) is 0 Å². The molecule has 1 atom stereocenters. The van der Waals surface area contributed by atoms with E-state index in [1.54, 1.807) is 0 Å². The summed E-state index contributed by atoms with van der Waals surface area (Å²) in [4.78, 5) is 0. The smallest absolute Gasteiger partial charge is 0.0286 e. The first-order chi connectivity index (χ1) is 13.1. The summed E-state index contributed by atoms with van der Waals surface area (Å²) < 4.78 is 0.424. The third kappa shape index (κ3) is 15.0. The summed E-state index contributed by atoms with van der Waals surface area (Å²) in [5.74, 6) is 0.893. The molecule has 0 spiro atoms.